The first-order valence-corrected chi connectivity index (χ1v) is 5.14. The van der Waals surface area contributed by atoms with Gasteiger partial charge < -0.3 is 14.6 Å². The molecule has 1 atom stereocenters. The molecule has 1 aromatic rings. The second kappa shape index (κ2) is 3.79. The second-order valence-electron chi connectivity index (χ2n) is 4.29. The molecule has 1 unspecified atom stereocenters. The second-order valence-corrected chi connectivity index (χ2v) is 4.29. The van der Waals surface area contributed by atoms with Crippen LogP contribution >= 0.6 is 0 Å². The number of likely N-dealkylation sites (N-methyl/N-ethyl adjacent to an activating group) is 1. The van der Waals surface area contributed by atoms with Crippen molar-refractivity contribution in [2.45, 2.75) is 25.5 Å². The van der Waals surface area contributed by atoms with Gasteiger partial charge in [-0.15, -0.1) is 0 Å². The van der Waals surface area contributed by atoms with Crippen LogP contribution in [0.5, 0.6) is 0 Å². The number of ether oxygens (including phenoxy) is 1. The molecule has 4 heteroatoms. The molecule has 0 bridgehead atoms. The van der Waals surface area contributed by atoms with Crippen LogP contribution in [0.1, 0.15) is 13.8 Å². The number of rotatable bonds is 2. The van der Waals surface area contributed by atoms with Crippen LogP contribution in [-0.2, 0) is 4.74 Å². The van der Waals surface area contributed by atoms with E-state index >= 15 is 0 Å². The van der Waals surface area contributed by atoms with Crippen molar-refractivity contribution >= 4 is 5.70 Å². The zero-order valence-electron chi connectivity index (χ0n) is 9.40. The van der Waals surface area contributed by atoms with Gasteiger partial charge in [-0.2, -0.15) is 0 Å². The monoisotopic (exact) mass is 207 g/mol. The van der Waals surface area contributed by atoms with Crippen molar-refractivity contribution in [1.29, 1.82) is 0 Å². The number of nitrogens with one attached hydrogen (secondary N) is 1. The first-order valence-electron chi connectivity index (χ1n) is 5.14. The molecule has 4 nitrogen and oxygen atoms in total. The van der Waals surface area contributed by atoms with Gasteiger partial charge in [-0.25, -0.2) is 4.98 Å². The smallest absolute Gasteiger partial charge is 0.0989 e. The molecular weight excluding hydrogens is 190 g/mol. The molecule has 1 aliphatic heterocycles. The summed E-state index contributed by atoms with van der Waals surface area (Å²) < 4.78 is 7.81. The van der Waals surface area contributed by atoms with Crippen LogP contribution in [0.25, 0.3) is 5.70 Å². The van der Waals surface area contributed by atoms with Gasteiger partial charge in [0.25, 0.3) is 0 Å². The molecule has 0 aliphatic carbocycles. The summed E-state index contributed by atoms with van der Waals surface area (Å²) in [6, 6.07) is 0.226. The SMILES string of the molecule is CNC1C=C(n2ccnc2)COC1(C)C. The van der Waals surface area contributed by atoms with Gasteiger partial charge in [-0.1, -0.05) is 0 Å². The van der Waals surface area contributed by atoms with Crippen LogP contribution in [0.3, 0.4) is 0 Å². The Labute approximate surface area is 90.0 Å². The van der Waals surface area contributed by atoms with Gasteiger partial charge in [-0.3, -0.25) is 0 Å². The minimum Gasteiger partial charge on any atom is -0.367 e. The van der Waals surface area contributed by atoms with E-state index in [1.807, 2.05) is 17.8 Å². The average Bonchev–Trinajstić information content (AvgIpc) is 2.70. The summed E-state index contributed by atoms with van der Waals surface area (Å²) in [5.74, 6) is 0. The molecule has 1 aromatic heterocycles. The molecule has 1 aliphatic rings. The van der Waals surface area contributed by atoms with Crippen molar-refractivity contribution in [1.82, 2.24) is 14.9 Å². The summed E-state index contributed by atoms with van der Waals surface area (Å²) >= 11 is 0. The van der Waals surface area contributed by atoms with Crippen molar-refractivity contribution in [3.05, 3.63) is 24.8 Å². The van der Waals surface area contributed by atoms with Crippen LogP contribution in [0, 0.1) is 0 Å². The first-order chi connectivity index (χ1) is 7.13. The van der Waals surface area contributed by atoms with Gasteiger partial charge in [0, 0.05) is 18.1 Å². The lowest BCUT2D eigenvalue weighted by molar-refractivity contribution is -0.0232. The Hall–Kier alpha value is -1.13. The number of hydrogen-bond donors (Lipinski definition) is 1. The standard InChI is InChI=1S/C11H17N3O/c1-11(2)10(12-3)6-9(7-15-11)14-5-4-13-8-14/h4-6,8,10,12H,7H2,1-3H3. The van der Waals surface area contributed by atoms with E-state index in [9.17, 15) is 0 Å². The van der Waals surface area contributed by atoms with Crippen LogP contribution in [0.2, 0.25) is 0 Å². The van der Waals surface area contributed by atoms with E-state index in [-0.39, 0.29) is 11.6 Å². The Kier molecular flexibility index (Phi) is 2.63. The normalized spacial score (nSPS) is 25.0. The molecule has 15 heavy (non-hydrogen) atoms. The molecule has 2 rings (SSSR count). The van der Waals surface area contributed by atoms with E-state index in [4.69, 9.17) is 4.74 Å². The van der Waals surface area contributed by atoms with Gasteiger partial charge in [0.15, 0.2) is 0 Å². The maximum Gasteiger partial charge on any atom is 0.0989 e. The van der Waals surface area contributed by atoms with Gasteiger partial charge in [-0.05, 0) is 27.0 Å². The third-order valence-corrected chi connectivity index (χ3v) is 2.85. The predicted octanol–water partition coefficient (Wildman–Crippen LogP) is 1.12. The topological polar surface area (TPSA) is 39.1 Å². The highest BCUT2D eigenvalue weighted by molar-refractivity contribution is 5.49. The summed E-state index contributed by atoms with van der Waals surface area (Å²) in [6.07, 6.45) is 7.70. The molecule has 0 aromatic carbocycles. The van der Waals surface area contributed by atoms with E-state index in [2.05, 4.69) is 30.2 Å². The van der Waals surface area contributed by atoms with Crippen LogP contribution in [0.15, 0.2) is 24.8 Å². The third-order valence-electron chi connectivity index (χ3n) is 2.85. The van der Waals surface area contributed by atoms with Gasteiger partial charge >= 0.3 is 0 Å². The number of imidazole rings is 1. The van der Waals surface area contributed by atoms with Crippen molar-refractivity contribution in [3.63, 3.8) is 0 Å². The molecule has 0 saturated heterocycles. The lowest BCUT2D eigenvalue weighted by Crippen LogP contribution is -2.49. The average molecular weight is 207 g/mol. The Bertz CT molecular complexity index is 354. The van der Waals surface area contributed by atoms with Crippen molar-refractivity contribution in [2.24, 2.45) is 0 Å². The van der Waals surface area contributed by atoms with E-state index in [1.165, 1.54) is 0 Å². The molecular formula is C11H17N3O. The zero-order valence-corrected chi connectivity index (χ0v) is 9.40. The minimum absolute atomic E-state index is 0.154. The van der Waals surface area contributed by atoms with Gasteiger partial charge in [0.1, 0.15) is 0 Å². The number of aromatic nitrogens is 2. The van der Waals surface area contributed by atoms with Crippen molar-refractivity contribution in [2.75, 3.05) is 13.7 Å². The molecule has 0 saturated carbocycles. The fraction of sp³-hybridized carbons (Fsp3) is 0.545. The van der Waals surface area contributed by atoms with E-state index in [1.54, 1.807) is 12.5 Å². The summed E-state index contributed by atoms with van der Waals surface area (Å²) in [4.78, 5) is 4.03. The summed E-state index contributed by atoms with van der Waals surface area (Å²) in [7, 11) is 1.95. The third kappa shape index (κ3) is 1.96. The van der Waals surface area contributed by atoms with E-state index in [0.29, 0.717) is 6.61 Å². The summed E-state index contributed by atoms with van der Waals surface area (Å²) in [5.41, 5.74) is 0.977. The lowest BCUT2D eigenvalue weighted by atomic mass is 9.95. The van der Waals surface area contributed by atoms with Crippen molar-refractivity contribution in [3.8, 4) is 0 Å². The van der Waals surface area contributed by atoms with Crippen LogP contribution < -0.4 is 5.32 Å². The van der Waals surface area contributed by atoms with Crippen molar-refractivity contribution < 1.29 is 4.74 Å². The Morgan fingerprint density at radius 3 is 3.00 bits per heavy atom. The molecule has 0 fully saturated rings. The van der Waals surface area contributed by atoms with E-state index < -0.39 is 0 Å². The highest BCUT2D eigenvalue weighted by Crippen LogP contribution is 2.24. The Morgan fingerprint density at radius 2 is 2.40 bits per heavy atom. The predicted molar refractivity (Wildman–Crippen MR) is 59.4 cm³/mol. The molecule has 0 radical (unpaired) electrons. The number of nitrogens with zero attached hydrogens (tertiary/aromatic N) is 2. The molecule has 1 N–H and O–H groups in total. The molecule has 0 amide bonds. The molecule has 82 valence electrons. The maximum atomic E-state index is 5.83. The van der Waals surface area contributed by atoms with Crippen LogP contribution in [-0.4, -0.2) is 34.8 Å². The summed E-state index contributed by atoms with van der Waals surface area (Å²) in [6.45, 7) is 4.81. The Morgan fingerprint density at radius 1 is 1.60 bits per heavy atom. The highest BCUT2D eigenvalue weighted by Gasteiger charge is 2.32. The molecule has 0 spiro atoms. The lowest BCUT2D eigenvalue weighted by Gasteiger charge is -2.37. The Balaban J connectivity index is 2.26. The van der Waals surface area contributed by atoms with Gasteiger partial charge in [0.2, 0.25) is 0 Å². The highest BCUT2D eigenvalue weighted by atomic mass is 16.5. The maximum absolute atomic E-state index is 5.83. The first kappa shape index (κ1) is 10.4. The fourth-order valence-corrected chi connectivity index (χ4v) is 1.81. The minimum atomic E-state index is -0.154. The molecule has 2 heterocycles. The largest absolute Gasteiger partial charge is 0.367 e. The quantitative estimate of drug-likeness (QED) is 0.790. The van der Waals surface area contributed by atoms with E-state index in [0.717, 1.165) is 5.70 Å². The summed E-state index contributed by atoms with van der Waals surface area (Å²) in [5, 5.41) is 3.25. The van der Waals surface area contributed by atoms with Gasteiger partial charge in [0.05, 0.1) is 24.6 Å². The zero-order chi connectivity index (χ0) is 10.9. The fourth-order valence-electron chi connectivity index (χ4n) is 1.81. The number of hydrogen-bond acceptors (Lipinski definition) is 3. The van der Waals surface area contributed by atoms with Crippen LogP contribution in [0.4, 0.5) is 0 Å².